The number of carbonyl (C=O) groups excluding carboxylic acids is 1. The van der Waals surface area contributed by atoms with Crippen molar-refractivity contribution in [2.45, 2.75) is 40.2 Å². The highest BCUT2D eigenvalue weighted by Crippen LogP contribution is 2.36. The number of benzene rings is 1. The van der Waals surface area contributed by atoms with E-state index < -0.39 is 0 Å². The quantitative estimate of drug-likeness (QED) is 0.784. The smallest absolute Gasteiger partial charge is 0.245 e. The van der Waals surface area contributed by atoms with Gasteiger partial charge < -0.3 is 0 Å². The van der Waals surface area contributed by atoms with E-state index in [0.717, 1.165) is 11.4 Å². The van der Waals surface area contributed by atoms with Gasteiger partial charge in [0.1, 0.15) is 18.1 Å². The van der Waals surface area contributed by atoms with Gasteiger partial charge in [0.15, 0.2) is 5.70 Å². The number of hydrogen-bond acceptors (Lipinski definition) is 3. The summed E-state index contributed by atoms with van der Waals surface area (Å²) in [6, 6.07) is 10.3. The van der Waals surface area contributed by atoms with Crippen molar-refractivity contribution in [1.82, 2.24) is 9.55 Å². The van der Waals surface area contributed by atoms with Crippen LogP contribution in [0.4, 0.5) is 4.79 Å². The molecule has 1 unspecified atom stereocenters. The summed E-state index contributed by atoms with van der Waals surface area (Å²) in [7, 11) is 0. The number of rotatable bonds is 4. The molecule has 0 radical (unpaired) electrons. The van der Waals surface area contributed by atoms with Gasteiger partial charge >= 0.3 is 6.03 Å². The third-order valence-corrected chi connectivity index (χ3v) is 4.74. The number of allylic oxidation sites excluding steroid dienone is 2. The van der Waals surface area contributed by atoms with Crippen molar-refractivity contribution in [3.63, 3.8) is 0 Å². The molecule has 2 heterocycles. The fourth-order valence-corrected chi connectivity index (χ4v) is 3.37. The average Bonchev–Trinajstić information content (AvgIpc) is 3.23. The first-order chi connectivity index (χ1) is 12.0. The number of quaternary nitrogens is 1. The molecule has 1 aromatic heterocycles. The highest BCUT2D eigenvalue weighted by molar-refractivity contribution is 5.81. The lowest BCUT2D eigenvalue weighted by Gasteiger charge is -2.34. The molecule has 5 nitrogen and oxygen atoms in total. The summed E-state index contributed by atoms with van der Waals surface area (Å²) in [5, 5.41) is 0. The van der Waals surface area contributed by atoms with Crippen molar-refractivity contribution < 1.29 is 9.28 Å². The highest BCUT2D eigenvalue weighted by Gasteiger charge is 2.49. The van der Waals surface area contributed by atoms with E-state index in [-0.39, 0.29) is 22.5 Å². The maximum absolute atomic E-state index is 13.4. The van der Waals surface area contributed by atoms with Crippen LogP contribution in [0.3, 0.4) is 0 Å². The number of imidazole rings is 1. The fourth-order valence-electron chi connectivity index (χ4n) is 3.37. The lowest BCUT2D eigenvalue weighted by molar-refractivity contribution is -0.734. The molecule has 0 saturated carbocycles. The van der Waals surface area contributed by atoms with E-state index in [0.29, 0.717) is 6.42 Å². The Hall–Kier alpha value is -2.53. The first-order valence-electron chi connectivity index (χ1n) is 8.71. The third-order valence-electron chi connectivity index (χ3n) is 4.74. The maximum atomic E-state index is 13.4. The zero-order valence-electron chi connectivity index (χ0n) is 15.3. The van der Waals surface area contributed by atoms with Crippen LogP contribution in [0.5, 0.6) is 0 Å². The Morgan fingerprint density at radius 2 is 1.88 bits per heavy atom. The van der Waals surface area contributed by atoms with Gasteiger partial charge in [-0.2, -0.15) is 4.48 Å². The zero-order valence-corrected chi connectivity index (χ0v) is 15.3. The molecule has 130 valence electrons. The van der Waals surface area contributed by atoms with Gasteiger partial charge in [-0.15, -0.1) is 0 Å². The molecule has 1 aromatic carbocycles. The number of hydrogen-bond donors (Lipinski definition) is 0. The summed E-state index contributed by atoms with van der Waals surface area (Å²) >= 11 is 0. The van der Waals surface area contributed by atoms with Gasteiger partial charge in [-0.05, 0) is 19.4 Å². The number of amides is 1. The second-order valence-corrected chi connectivity index (χ2v) is 7.02. The molecule has 3 rings (SSSR count). The lowest BCUT2D eigenvalue weighted by Crippen LogP contribution is -2.56. The van der Waals surface area contributed by atoms with Crippen molar-refractivity contribution >= 4 is 12.4 Å². The highest BCUT2D eigenvalue weighted by atomic mass is 16.2. The van der Waals surface area contributed by atoms with Crippen LogP contribution in [-0.2, 0) is 6.42 Å². The lowest BCUT2D eigenvalue weighted by atomic mass is 10.0. The van der Waals surface area contributed by atoms with Crippen LogP contribution in [0.15, 0.2) is 65.4 Å². The van der Waals surface area contributed by atoms with Crippen LogP contribution in [0.25, 0.3) is 0 Å². The molecule has 0 N–H and O–H groups in total. The van der Waals surface area contributed by atoms with Crippen LogP contribution in [0.1, 0.15) is 33.3 Å². The largest absolute Gasteiger partial charge is 0.439 e. The van der Waals surface area contributed by atoms with E-state index in [1.54, 1.807) is 29.6 Å². The Balaban J connectivity index is 2.13. The molecule has 1 amide bonds. The first-order valence-corrected chi connectivity index (χ1v) is 8.71. The topological polar surface area (TPSA) is 47.2 Å². The van der Waals surface area contributed by atoms with Gasteiger partial charge in [0, 0.05) is 18.3 Å². The summed E-state index contributed by atoms with van der Waals surface area (Å²) in [4.78, 5) is 22.1. The summed E-state index contributed by atoms with van der Waals surface area (Å²) in [5.41, 5.74) is 3.24. The van der Waals surface area contributed by atoms with Crippen molar-refractivity contribution in [1.29, 1.82) is 0 Å². The van der Waals surface area contributed by atoms with Gasteiger partial charge in [0.2, 0.25) is 6.34 Å². The predicted octanol–water partition coefficient (Wildman–Crippen LogP) is 4.23. The molecule has 0 fully saturated rings. The van der Waals surface area contributed by atoms with E-state index in [1.807, 2.05) is 18.2 Å². The monoisotopic (exact) mass is 337 g/mol. The van der Waals surface area contributed by atoms with Gasteiger partial charge in [-0.3, -0.25) is 0 Å². The van der Waals surface area contributed by atoms with E-state index in [4.69, 9.17) is 4.99 Å². The molecule has 0 bridgehead atoms. The Morgan fingerprint density at radius 1 is 1.16 bits per heavy atom. The van der Waals surface area contributed by atoms with Gasteiger partial charge in [0.05, 0.1) is 6.42 Å². The average molecular weight is 337 g/mol. The zero-order chi connectivity index (χ0) is 18.0. The predicted molar refractivity (Wildman–Crippen MR) is 98.9 cm³/mol. The minimum absolute atomic E-state index is 0.0358. The second kappa shape index (κ2) is 6.76. The van der Waals surface area contributed by atoms with Crippen LogP contribution in [0, 0.1) is 5.92 Å². The van der Waals surface area contributed by atoms with Crippen molar-refractivity contribution in [2.75, 3.05) is 0 Å². The molecule has 1 aliphatic heterocycles. The molecule has 5 heteroatoms. The minimum Gasteiger partial charge on any atom is -0.245 e. The number of nitrogens with zero attached hydrogens (tertiary/aromatic N) is 4. The fraction of sp³-hybridized carbons (Fsp3) is 0.350. The Kier molecular flexibility index (Phi) is 4.68. The molecular weight excluding hydrogens is 312 g/mol. The van der Waals surface area contributed by atoms with Gasteiger partial charge in [-0.25, -0.2) is 19.3 Å². The molecule has 1 aliphatic rings. The molecule has 0 aliphatic carbocycles. The molecule has 2 aromatic rings. The van der Waals surface area contributed by atoms with Crippen molar-refractivity contribution in [3.8, 4) is 0 Å². The maximum Gasteiger partial charge on any atom is 0.439 e. The van der Waals surface area contributed by atoms with E-state index >= 15 is 0 Å². The number of carbonyl (C=O) groups is 1. The number of aliphatic imine (C=N–C) groups is 1. The Bertz CT molecular complexity index is 803. The SMILES string of the molecule is CC(C)C1=C(Cc2ccccc2)[N+](C(=O)n2ccnc2)(C(C)C)C=N1. The Morgan fingerprint density at radius 3 is 2.44 bits per heavy atom. The van der Waals surface area contributed by atoms with Crippen LogP contribution >= 0.6 is 0 Å². The van der Waals surface area contributed by atoms with Gasteiger partial charge in [-0.1, -0.05) is 44.2 Å². The molecular formula is C20H25N4O+. The molecule has 1 atom stereocenters. The minimum atomic E-state index is -0.0437. The first kappa shape index (κ1) is 17.3. The van der Waals surface area contributed by atoms with Crippen LogP contribution < -0.4 is 0 Å². The molecule has 0 spiro atoms. The molecule has 0 saturated heterocycles. The van der Waals surface area contributed by atoms with E-state index in [9.17, 15) is 4.79 Å². The third kappa shape index (κ3) is 2.96. The standard InChI is InChI=1S/C20H25N4O/c1-15(2)19-18(12-17-8-6-5-7-9-17)24(14-22-19,16(3)4)20(25)23-11-10-21-13-23/h5-11,13-16H,12H2,1-4H3/q+1. The van der Waals surface area contributed by atoms with Crippen LogP contribution in [0.2, 0.25) is 0 Å². The number of aromatic nitrogens is 2. The van der Waals surface area contributed by atoms with Crippen molar-refractivity contribution in [2.24, 2.45) is 10.9 Å². The Labute approximate surface area is 148 Å². The van der Waals surface area contributed by atoms with Crippen molar-refractivity contribution in [3.05, 3.63) is 66.0 Å². The normalized spacial score (nSPS) is 20.1. The summed E-state index contributed by atoms with van der Waals surface area (Å²) in [5.74, 6) is 0.254. The molecule has 25 heavy (non-hydrogen) atoms. The van der Waals surface area contributed by atoms with E-state index in [2.05, 4.69) is 44.8 Å². The summed E-state index contributed by atoms with van der Waals surface area (Å²) in [6.45, 7) is 8.38. The van der Waals surface area contributed by atoms with Crippen LogP contribution in [-0.4, -0.2) is 32.4 Å². The van der Waals surface area contributed by atoms with Gasteiger partial charge in [0.25, 0.3) is 0 Å². The summed E-state index contributed by atoms with van der Waals surface area (Å²) < 4.78 is 1.67. The summed E-state index contributed by atoms with van der Waals surface area (Å²) in [6.07, 6.45) is 7.40. The van der Waals surface area contributed by atoms with E-state index in [1.165, 1.54) is 5.56 Å². The second-order valence-electron chi connectivity index (χ2n) is 7.02.